The summed E-state index contributed by atoms with van der Waals surface area (Å²) >= 11 is 0. The second-order valence-electron chi connectivity index (χ2n) is 7.63. The summed E-state index contributed by atoms with van der Waals surface area (Å²) in [6.07, 6.45) is 0.368. The van der Waals surface area contributed by atoms with Gasteiger partial charge in [0.2, 0.25) is 5.65 Å². The molecule has 138 valence electrons. The van der Waals surface area contributed by atoms with Gasteiger partial charge < -0.3 is 10.0 Å². The first-order valence-electron chi connectivity index (χ1n) is 8.59. The van der Waals surface area contributed by atoms with E-state index in [1.54, 1.807) is 11.7 Å². The van der Waals surface area contributed by atoms with Crippen molar-refractivity contribution in [1.82, 2.24) is 45.2 Å². The first kappa shape index (κ1) is 16.8. The number of aliphatic hydroxyl groups is 1. The molecule has 3 aromatic heterocycles. The number of tetrazole rings is 1. The second-order valence-corrected chi connectivity index (χ2v) is 7.63. The predicted octanol–water partition coefficient (Wildman–Crippen LogP) is -0.338. The average molecular weight is 358 g/mol. The van der Waals surface area contributed by atoms with Crippen molar-refractivity contribution in [2.75, 3.05) is 18.0 Å². The summed E-state index contributed by atoms with van der Waals surface area (Å²) in [5.74, 6) is 2.07. The number of aryl methyl sites for hydroxylation is 1. The van der Waals surface area contributed by atoms with Gasteiger partial charge >= 0.3 is 0 Å². The third-order valence-electron chi connectivity index (χ3n) is 4.40. The van der Waals surface area contributed by atoms with Gasteiger partial charge in [-0.15, -0.1) is 15.3 Å². The van der Waals surface area contributed by atoms with Crippen molar-refractivity contribution < 1.29 is 5.11 Å². The summed E-state index contributed by atoms with van der Waals surface area (Å²) in [6.45, 7) is 7.80. The third kappa shape index (κ3) is 2.98. The lowest BCUT2D eigenvalue weighted by Crippen LogP contribution is -2.25. The van der Waals surface area contributed by atoms with E-state index in [0.29, 0.717) is 35.9 Å². The molecule has 4 rings (SSSR count). The van der Waals surface area contributed by atoms with Crippen LogP contribution >= 0.6 is 0 Å². The van der Waals surface area contributed by atoms with Gasteiger partial charge in [0.1, 0.15) is 12.4 Å². The number of anilines is 1. The lowest BCUT2D eigenvalue weighted by molar-refractivity contribution is 0.198. The van der Waals surface area contributed by atoms with Gasteiger partial charge in [-0.1, -0.05) is 20.8 Å². The maximum Gasteiger partial charge on any atom is 0.207 e. The van der Waals surface area contributed by atoms with E-state index in [9.17, 15) is 5.11 Å². The Hall–Kier alpha value is -2.69. The Morgan fingerprint density at radius 1 is 1.19 bits per heavy atom. The molecule has 0 radical (unpaired) electrons. The minimum absolute atomic E-state index is 0.224. The Bertz CT molecular complexity index is 940. The van der Waals surface area contributed by atoms with E-state index in [2.05, 4.69) is 51.5 Å². The summed E-state index contributed by atoms with van der Waals surface area (Å²) in [5, 5.41) is 30.4. The van der Waals surface area contributed by atoms with Crippen LogP contribution in [0, 0.1) is 0 Å². The molecule has 0 aliphatic carbocycles. The minimum atomic E-state index is -0.349. The standard InChI is InChI=1S/C15H22N10O/c1-15(2,3)14-16-12-11(13(17-14)24-6-5-9(26)7-24)19-25(20-12)8-10-18-21-22-23(10)4/h9,26H,5-8H2,1-4H3. The molecule has 4 heterocycles. The van der Waals surface area contributed by atoms with Gasteiger partial charge in [-0.2, -0.15) is 4.80 Å². The highest BCUT2D eigenvalue weighted by Crippen LogP contribution is 2.28. The van der Waals surface area contributed by atoms with E-state index in [0.717, 1.165) is 18.8 Å². The number of aromatic nitrogens is 9. The SMILES string of the molecule is Cn1nnnc1Cn1nc2nc(C(C)(C)C)nc(N3CCC(O)C3)c2n1. The zero-order valence-electron chi connectivity index (χ0n) is 15.3. The highest BCUT2D eigenvalue weighted by Gasteiger charge is 2.28. The topological polar surface area (TPSA) is 124 Å². The molecule has 3 aromatic rings. The molecule has 0 saturated carbocycles. The molecular formula is C15H22N10O. The molecule has 1 atom stereocenters. The van der Waals surface area contributed by atoms with Gasteiger partial charge in [-0.25, -0.2) is 14.6 Å². The van der Waals surface area contributed by atoms with E-state index in [1.807, 2.05) is 4.90 Å². The van der Waals surface area contributed by atoms with Gasteiger partial charge in [0.25, 0.3) is 0 Å². The molecule has 1 N–H and O–H groups in total. The van der Waals surface area contributed by atoms with E-state index >= 15 is 0 Å². The van der Waals surface area contributed by atoms with Crippen LogP contribution in [0.5, 0.6) is 0 Å². The Morgan fingerprint density at radius 3 is 2.62 bits per heavy atom. The van der Waals surface area contributed by atoms with Gasteiger partial charge in [-0.05, 0) is 16.8 Å². The van der Waals surface area contributed by atoms with Crippen LogP contribution in [0.3, 0.4) is 0 Å². The first-order chi connectivity index (χ1) is 12.3. The normalized spacial score (nSPS) is 18.2. The number of hydrogen-bond donors (Lipinski definition) is 1. The summed E-state index contributed by atoms with van der Waals surface area (Å²) in [5.41, 5.74) is 0.942. The van der Waals surface area contributed by atoms with E-state index in [-0.39, 0.29) is 11.5 Å². The van der Waals surface area contributed by atoms with E-state index in [1.165, 1.54) is 4.80 Å². The Labute approximate surface area is 150 Å². The van der Waals surface area contributed by atoms with Crippen molar-refractivity contribution in [3.8, 4) is 0 Å². The number of aliphatic hydroxyl groups excluding tert-OH is 1. The van der Waals surface area contributed by atoms with Crippen molar-refractivity contribution >= 4 is 17.0 Å². The average Bonchev–Trinajstić information content (AvgIpc) is 3.26. The quantitative estimate of drug-likeness (QED) is 0.669. The first-order valence-corrected chi connectivity index (χ1v) is 8.59. The summed E-state index contributed by atoms with van der Waals surface area (Å²) in [7, 11) is 1.77. The molecule has 11 heteroatoms. The second kappa shape index (κ2) is 5.94. The van der Waals surface area contributed by atoms with Crippen LogP contribution in [0.4, 0.5) is 5.82 Å². The number of nitrogens with zero attached hydrogens (tertiary/aromatic N) is 10. The van der Waals surface area contributed by atoms with Gasteiger partial charge in [0.15, 0.2) is 17.2 Å². The van der Waals surface area contributed by atoms with Gasteiger partial charge in [0, 0.05) is 25.6 Å². The summed E-state index contributed by atoms with van der Waals surface area (Å²) in [4.78, 5) is 13.0. The number of rotatable bonds is 3. The molecule has 1 aliphatic heterocycles. The fourth-order valence-corrected chi connectivity index (χ4v) is 2.91. The molecule has 1 fully saturated rings. The lowest BCUT2D eigenvalue weighted by atomic mass is 9.96. The van der Waals surface area contributed by atoms with Crippen molar-refractivity contribution in [2.45, 2.75) is 45.3 Å². The van der Waals surface area contributed by atoms with Crippen LogP contribution in [0.2, 0.25) is 0 Å². The smallest absolute Gasteiger partial charge is 0.207 e. The van der Waals surface area contributed by atoms with Crippen molar-refractivity contribution in [1.29, 1.82) is 0 Å². The van der Waals surface area contributed by atoms with Gasteiger partial charge in [-0.3, -0.25) is 0 Å². The van der Waals surface area contributed by atoms with Crippen molar-refractivity contribution in [2.24, 2.45) is 7.05 Å². The van der Waals surface area contributed by atoms with Crippen LogP contribution in [0.15, 0.2) is 0 Å². The maximum absolute atomic E-state index is 9.92. The molecule has 26 heavy (non-hydrogen) atoms. The molecule has 1 unspecified atom stereocenters. The van der Waals surface area contributed by atoms with E-state index in [4.69, 9.17) is 4.98 Å². The Morgan fingerprint density at radius 2 is 2.00 bits per heavy atom. The van der Waals surface area contributed by atoms with Crippen molar-refractivity contribution in [3.05, 3.63) is 11.6 Å². The monoisotopic (exact) mass is 358 g/mol. The molecule has 11 nitrogen and oxygen atoms in total. The van der Waals surface area contributed by atoms with Crippen LogP contribution in [0.25, 0.3) is 11.2 Å². The molecule has 1 saturated heterocycles. The number of β-amino-alcohol motifs (C(OH)–C–C–N with tert-alkyl or cyclic N) is 1. The fraction of sp³-hybridized carbons (Fsp3) is 0.667. The maximum atomic E-state index is 9.92. The predicted molar refractivity (Wildman–Crippen MR) is 92.6 cm³/mol. The van der Waals surface area contributed by atoms with Gasteiger partial charge in [0.05, 0.1) is 6.10 Å². The Balaban J connectivity index is 1.80. The van der Waals surface area contributed by atoms with Crippen molar-refractivity contribution in [3.63, 3.8) is 0 Å². The largest absolute Gasteiger partial charge is 0.391 e. The third-order valence-corrected chi connectivity index (χ3v) is 4.40. The van der Waals surface area contributed by atoms with Crippen LogP contribution in [-0.4, -0.2) is 69.5 Å². The molecule has 0 aromatic carbocycles. The molecular weight excluding hydrogens is 336 g/mol. The highest BCUT2D eigenvalue weighted by atomic mass is 16.3. The molecule has 1 aliphatic rings. The van der Waals surface area contributed by atoms with Crippen LogP contribution in [0.1, 0.15) is 38.8 Å². The van der Waals surface area contributed by atoms with E-state index < -0.39 is 0 Å². The van der Waals surface area contributed by atoms with Crippen LogP contribution in [-0.2, 0) is 19.0 Å². The zero-order valence-corrected chi connectivity index (χ0v) is 15.3. The highest BCUT2D eigenvalue weighted by molar-refractivity contribution is 5.82. The lowest BCUT2D eigenvalue weighted by Gasteiger charge is -2.21. The number of hydrogen-bond acceptors (Lipinski definition) is 9. The fourth-order valence-electron chi connectivity index (χ4n) is 2.91. The Kier molecular flexibility index (Phi) is 3.83. The zero-order chi connectivity index (χ0) is 18.5. The van der Waals surface area contributed by atoms with Crippen LogP contribution < -0.4 is 4.90 Å². The molecule has 0 bridgehead atoms. The molecule has 0 spiro atoms. The summed E-state index contributed by atoms with van der Waals surface area (Å²) in [6, 6.07) is 0. The summed E-state index contributed by atoms with van der Waals surface area (Å²) < 4.78 is 1.58. The molecule has 0 amide bonds. The minimum Gasteiger partial charge on any atom is -0.391 e. The number of fused-ring (bicyclic) bond motifs is 1.